The van der Waals surface area contributed by atoms with Crippen molar-refractivity contribution in [3.8, 4) is 0 Å². The molecule has 15 heavy (non-hydrogen) atoms. The quantitative estimate of drug-likeness (QED) is 0.599. The lowest BCUT2D eigenvalue weighted by Gasteiger charge is -2.02. The third-order valence-electron chi connectivity index (χ3n) is 3.63. The molecule has 0 radical (unpaired) electrons. The van der Waals surface area contributed by atoms with Gasteiger partial charge in [0.2, 0.25) is 0 Å². The Hall–Kier alpha value is -1.56. The first-order chi connectivity index (χ1) is 7.40. The molecule has 0 aliphatic heterocycles. The van der Waals surface area contributed by atoms with Crippen LogP contribution in [0.3, 0.4) is 0 Å². The first-order valence-corrected chi connectivity index (χ1v) is 5.63. The molecule has 1 saturated carbocycles. The van der Waals surface area contributed by atoms with Crippen LogP contribution in [0.5, 0.6) is 0 Å². The third-order valence-corrected chi connectivity index (χ3v) is 3.63. The Bertz CT molecular complexity index is 605. The van der Waals surface area contributed by atoms with Gasteiger partial charge in [0.1, 0.15) is 0 Å². The van der Waals surface area contributed by atoms with Crippen molar-refractivity contribution in [1.82, 2.24) is 0 Å². The molecule has 2 aromatic rings. The normalized spacial score (nSPS) is 26.1. The largest absolute Gasteiger partial charge is 0.0729 e. The average molecular weight is 192 g/mol. The summed E-state index contributed by atoms with van der Waals surface area (Å²) in [7, 11) is 0. The fourth-order valence-corrected chi connectivity index (χ4v) is 2.64. The Morgan fingerprint density at radius 1 is 0.800 bits per heavy atom. The zero-order valence-electron chi connectivity index (χ0n) is 8.48. The van der Waals surface area contributed by atoms with Crippen LogP contribution in [0.25, 0.3) is 22.9 Å². The van der Waals surface area contributed by atoms with Crippen LogP contribution in [0.1, 0.15) is 6.42 Å². The molecule has 0 bridgehead atoms. The van der Waals surface area contributed by atoms with E-state index >= 15 is 0 Å². The van der Waals surface area contributed by atoms with Crippen LogP contribution in [-0.4, -0.2) is 0 Å². The van der Waals surface area contributed by atoms with Crippen molar-refractivity contribution in [2.24, 2.45) is 11.8 Å². The summed E-state index contributed by atoms with van der Waals surface area (Å²) in [5, 5.41) is 5.60. The van der Waals surface area contributed by atoms with Crippen LogP contribution in [0.15, 0.2) is 36.4 Å². The second-order valence-electron chi connectivity index (χ2n) is 4.73. The summed E-state index contributed by atoms with van der Waals surface area (Å²) in [6, 6.07) is 13.3. The molecule has 2 aliphatic rings. The number of benzene rings is 2. The monoisotopic (exact) mass is 192 g/mol. The molecule has 0 amide bonds. The van der Waals surface area contributed by atoms with Crippen molar-refractivity contribution < 1.29 is 0 Å². The topological polar surface area (TPSA) is 0 Å². The average Bonchev–Trinajstić information content (AvgIpc) is 3.00. The van der Waals surface area contributed by atoms with Crippen molar-refractivity contribution in [2.45, 2.75) is 6.42 Å². The van der Waals surface area contributed by atoms with E-state index in [1.165, 1.54) is 27.6 Å². The zero-order chi connectivity index (χ0) is 9.83. The molecule has 0 nitrogen and oxygen atoms in total. The van der Waals surface area contributed by atoms with Gasteiger partial charge >= 0.3 is 0 Å². The van der Waals surface area contributed by atoms with Gasteiger partial charge in [0.15, 0.2) is 0 Å². The first-order valence-electron chi connectivity index (χ1n) is 5.63. The molecule has 4 rings (SSSR count). The predicted octanol–water partition coefficient (Wildman–Crippen LogP) is 2.05. The van der Waals surface area contributed by atoms with Gasteiger partial charge in [-0.1, -0.05) is 36.4 Å². The molecular weight excluding hydrogens is 180 g/mol. The van der Waals surface area contributed by atoms with Crippen LogP contribution < -0.4 is 10.4 Å². The first kappa shape index (κ1) is 7.70. The second-order valence-corrected chi connectivity index (χ2v) is 4.73. The smallest absolute Gasteiger partial charge is 0.0155 e. The van der Waals surface area contributed by atoms with Gasteiger partial charge in [0.05, 0.1) is 0 Å². The lowest BCUT2D eigenvalue weighted by atomic mass is 10.0. The van der Waals surface area contributed by atoms with E-state index < -0.39 is 0 Å². The molecule has 1 fully saturated rings. The van der Waals surface area contributed by atoms with Crippen LogP contribution in [0.2, 0.25) is 0 Å². The van der Waals surface area contributed by atoms with Gasteiger partial charge < -0.3 is 0 Å². The zero-order valence-corrected chi connectivity index (χ0v) is 8.48. The maximum atomic E-state index is 2.45. The van der Waals surface area contributed by atoms with Crippen molar-refractivity contribution >= 4 is 22.9 Å². The minimum atomic E-state index is 0.846. The molecule has 0 spiro atoms. The predicted molar refractivity (Wildman–Crippen MR) is 63.7 cm³/mol. The van der Waals surface area contributed by atoms with E-state index in [0.717, 1.165) is 11.8 Å². The summed E-state index contributed by atoms with van der Waals surface area (Å²) in [5.41, 5.74) is 0. The van der Waals surface area contributed by atoms with Crippen LogP contribution in [0, 0.1) is 11.8 Å². The summed E-state index contributed by atoms with van der Waals surface area (Å²) < 4.78 is 0. The molecule has 2 aliphatic carbocycles. The lowest BCUT2D eigenvalue weighted by Crippen LogP contribution is -2.26. The van der Waals surface area contributed by atoms with Crippen LogP contribution in [-0.2, 0) is 0 Å². The highest BCUT2D eigenvalue weighted by atomic mass is 14.4. The van der Waals surface area contributed by atoms with Gasteiger partial charge in [-0.3, -0.25) is 0 Å². The number of fused-ring (bicyclic) bond motifs is 3. The Labute approximate surface area is 88.5 Å². The molecule has 2 atom stereocenters. The minimum absolute atomic E-state index is 0.846. The Balaban J connectivity index is 2.19. The van der Waals surface area contributed by atoms with Crippen molar-refractivity contribution in [1.29, 1.82) is 0 Å². The highest BCUT2D eigenvalue weighted by Crippen LogP contribution is 2.41. The highest BCUT2D eigenvalue weighted by Gasteiger charge is 2.34. The molecule has 0 N–H and O–H groups in total. The van der Waals surface area contributed by atoms with Crippen LogP contribution in [0.4, 0.5) is 0 Å². The van der Waals surface area contributed by atoms with E-state index in [1.54, 1.807) is 0 Å². The second kappa shape index (κ2) is 2.52. The van der Waals surface area contributed by atoms with Gasteiger partial charge in [-0.25, -0.2) is 0 Å². The molecule has 2 unspecified atom stereocenters. The van der Waals surface area contributed by atoms with Crippen molar-refractivity contribution in [2.75, 3.05) is 0 Å². The van der Waals surface area contributed by atoms with Crippen LogP contribution >= 0.6 is 0 Å². The Kier molecular flexibility index (Phi) is 1.29. The lowest BCUT2D eigenvalue weighted by molar-refractivity contribution is 1.06. The fraction of sp³-hybridized carbons (Fsp3) is 0.200. The molecular formula is C15H12. The van der Waals surface area contributed by atoms with E-state index in [4.69, 9.17) is 0 Å². The van der Waals surface area contributed by atoms with Gasteiger partial charge in [-0.15, -0.1) is 0 Å². The van der Waals surface area contributed by atoms with E-state index in [2.05, 4.69) is 48.6 Å². The maximum Gasteiger partial charge on any atom is -0.0155 e. The molecule has 72 valence electrons. The van der Waals surface area contributed by atoms with Crippen molar-refractivity contribution in [3.05, 3.63) is 46.8 Å². The summed E-state index contributed by atoms with van der Waals surface area (Å²) in [6.45, 7) is 0. The standard InChI is InChI=1S/C15H12/c1-2-4-11-6-13-8-15-9-14(15)7-12(13)5-10(11)3-1/h1-8,14-15H,9H2. The molecule has 2 aromatic carbocycles. The molecule has 0 aromatic heterocycles. The molecule has 0 heteroatoms. The van der Waals surface area contributed by atoms with E-state index in [0.29, 0.717) is 0 Å². The van der Waals surface area contributed by atoms with Crippen molar-refractivity contribution in [3.63, 3.8) is 0 Å². The van der Waals surface area contributed by atoms with E-state index in [9.17, 15) is 0 Å². The maximum absolute atomic E-state index is 2.45. The Morgan fingerprint density at radius 2 is 1.33 bits per heavy atom. The summed E-state index contributed by atoms with van der Waals surface area (Å²) in [6.07, 6.45) is 6.27. The Morgan fingerprint density at radius 3 is 1.87 bits per heavy atom. The number of hydrogen-bond acceptors (Lipinski definition) is 0. The SMILES string of the molecule is C1=c2cc3ccccc3cc2=CC2CC12. The summed E-state index contributed by atoms with van der Waals surface area (Å²) in [5.74, 6) is 1.69. The third kappa shape index (κ3) is 1.08. The number of hydrogen-bond donors (Lipinski definition) is 0. The fourth-order valence-electron chi connectivity index (χ4n) is 2.64. The minimum Gasteiger partial charge on any atom is -0.0729 e. The summed E-state index contributed by atoms with van der Waals surface area (Å²) in [4.78, 5) is 0. The highest BCUT2D eigenvalue weighted by molar-refractivity contribution is 5.83. The van der Waals surface area contributed by atoms with Gasteiger partial charge in [-0.2, -0.15) is 0 Å². The van der Waals surface area contributed by atoms with E-state index in [1.807, 2.05) is 0 Å². The van der Waals surface area contributed by atoms with Gasteiger partial charge in [0.25, 0.3) is 0 Å². The summed E-state index contributed by atoms with van der Waals surface area (Å²) >= 11 is 0. The van der Waals surface area contributed by atoms with Gasteiger partial charge in [-0.05, 0) is 51.6 Å². The molecule has 0 saturated heterocycles. The van der Waals surface area contributed by atoms with Gasteiger partial charge in [0, 0.05) is 0 Å². The molecule has 0 heterocycles. The number of rotatable bonds is 0. The van der Waals surface area contributed by atoms with E-state index in [-0.39, 0.29) is 0 Å².